The molecule has 0 aliphatic carbocycles. The Morgan fingerprint density at radius 2 is 1.95 bits per heavy atom. The summed E-state index contributed by atoms with van der Waals surface area (Å²) in [7, 11) is 0. The molecular formula is C15H16N2O4. The first-order valence-electron chi connectivity index (χ1n) is 7.00. The number of benzene rings is 1. The van der Waals surface area contributed by atoms with Gasteiger partial charge in [-0.1, -0.05) is 12.1 Å². The number of likely N-dealkylation sites (tertiary alicyclic amines) is 1. The highest BCUT2D eigenvalue weighted by Gasteiger charge is 2.43. The lowest BCUT2D eigenvalue weighted by atomic mass is 9.90. The van der Waals surface area contributed by atoms with E-state index in [2.05, 4.69) is 5.32 Å². The molecule has 2 aliphatic heterocycles. The molecule has 2 N–H and O–H groups in total. The Balaban J connectivity index is 1.92. The number of nitrogens with one attached hydrogen (secondary N) is 1. The Bertz CT molecular complexity index is 613. The molecule has 2 unspecified atom stereocenters. The van der Waals surface area contributed by atoms with E-state index in [1.54, 1.807) is 17.0 Å². The lowest BCUT2D eigenvalue weighted by molar-refractivity contribution is -0.123. The maximum atomic E-state index is 12.7. The molecule has 6 heteroatoms. The van der Waals surface area contributed by atoms with Crippen LogP contribution in [0.15, 0.2) is 24.3 Å². The van der Waals surface area contributed by atoms with Crippen LogP contribution < -0.4 is 5.32 Å². The molecule has 2 heterocycles. The molecule has 2 atom stereocenters. The number of piperidine rings is 1. The van der Waals surface area contributed by atoms with Gasteiger partial charge in [-0.25, -0.2) is 4.79 Å². The maximum absolute atomic E-state index is 12.7. The van der Waals surface area contributed by atoms with E-state index in [0.717, 1.165) is 12.8 Å². The molecule has 2 fully saturated rings. The van der Waals surface area contributed by atoms with E-state index < -0.39 is 5.97 Å². The van der Waals surface area contributed by atoms with Crippen molar-refractivity contribution in [3.05, 3.63) is 35.4 Å². The maximum Gasteiger partial charge on any atom is 0.336 e. The minimum Gasteiger partial charge on any atom is -0.478 e. The minimum atomic E-state index is -1.12. The summed E-state index contributed by atoms with van der Waals surface area (Å²) in [5.74, 6) is -1.60. The molecule has 1 aromatic carbocycles. The van der Waals surface area contributed by atoms with Gasteiger partial charge in [0.05, 0.1) is 23.1 Å². The van der Waals surface area contributed by atoms with Gasteiger partial charge in [0.1, 0.15) is 0 Å². The van der Waals surface area contributed by atoms with Gasteiger partial charge in [0, 0.05) is 13.1 Å². The molecule has 2 saturated heterocycles. The third-order valence-electron chi connectivity index (χ3n) is 4.25. The number of aromatic carboxylic acids is 1. The number of fused-ring (bicyclic) bond motifs is 1. The molecular weight excluding hydrogens is 272 g/mol. The summed E-state index contributed by atoms with van der Waals surface area (Å²) in [5, 5.41) is 12.0. The summed E-state index contributed by atoms with van der Waals surface area (Å²) in [4.78, 5) is 37.3. The summed E-state index contributed by atoms with van der Waals surface area (Å²) in [6.07, 6.45) is 1.54. The molecule has 2 aliphatic rings. The fourth-order valence-electron chi connectivity index (χ4n) is 3.21. The van der Waals surface area contributed by atoms with Crippen molar-refractivity contribution < 1.29 is 19.5 Å². The van der Waals surface area contributed by atoms with Crippen LogP contribution in [0.2, 0.25) is 0 Å². The van der Waals surface area contributed by atoms with Crippen LogP contribution in [-0.2, 0) is 4.79 Å². The van der Waals surface area contributed by atoms with E-state index in [4.69, 9.17) is 0 Å². The summed E-state index contributed by atoms with van der Waals surface area (Å²) in [5.41, 5.74) is 0.187. The molecule has 21 heavy (non-hydrogen) atoms. The molecule has 0 radical (unpaired) electrons. The van der Waals surface area contributed by atoms with Crippen molar-refractivity contribution in [2.24, 2.45) is 5.92 Å². The molecule has 1 aromatic rings. The SMILES string of the molecule is O=C(O)c1ccccc1C(=O)N1CCCC2C(=O)NCC21. The summed E-state index contributed by atoms with van der Waals surface area (Å²) in [6.45, 7) is 1.01. The highest BCUT2D eigenvalue weighted by Crippen LogP contribution is 2.29. The number of amides is 2. The molecule has 0 saturated carbocycles. The van der Waals surface area contributed by atoms with E-state index in [9.17, 15) is 19.5 Å². The van der Waals surface area contributed by atoms with Crippen LogP contribution in [0.4, 0.5) is 0 Å². The van der Waals surface area contributed by atoms with Gasteiger partial charge >= 0.3 is 5.97 Å². The van der Waals surface area contributed by atoms with Crippen molar-refractivity contribution in [3.8, 4) is 0 Å². The molecule has 0 spiro atoms. The lowest BCUT2D eigenvalue weighted by Gasteiger charge is -2.36. The van der Waals surface area contributed by atoms with Crippen molar-refractivity contribution >= 4 is 17.8 Å². The van der Waals surface area contributed by atoms with Gasteiger partial charge in [0.15, 0.2) is 0 Å². The predicted octanol–water partition coefficient (Wildman–Crippen LogP) is 0.735. The Hall–Kier alpha value is -2.37. The van der Waals surface area contributed by atoms with Gasteiger partial charge in [0.25, 0.3) is 5.91 Å². The van der Waals surface area contributed by atoms with Crippen LogP contribution in [0.1, 0.15) is 33.6 Å². The third kappa shape index (κ3) is 2.26. The van der Waals surface area contributed by atoms with Crippen LogP contribution in [0, 0.1) is 5.92 Å². The van der Waals surface area contributed by atoms with Gasteiger partial charge in [-0.2, -0.15) is 0 Å². The summed E-state index contributed by atoms with van der Waals surface area (Å²) >= 11 is 0. The van der Waals surface area contributed by atoms with Gasteiger partial charge < -0.3 is 15.3 Å². The Morgan fingerprint density at radius 3 is 2.67 bits per heavy atom. The van der Waals surface area contributed by atoms with Crippen molar-refractivity contribution in [1.82, 2.24) is 10.2 Å². The highest BCUT2D eigenvalue weighted by molar-refractivity contribution is 6.05. The van der Waals surface area contributed by atoms with Crippen molar-refractivity contribution in [2.45, 2.75) is 18.9 Å². The first-order chi connectivity index (χ1) is 10.1. The van der Waals surface area contributed by atoms with Gasteiger partial charge in [-0.3, -0.25) is 9.59 Å². The number of carbonyl (C=O) groups excluding carboxylic acids is 2. The summed E-state index contributed by atoms with van der Waals surface area (Å²) in [6, 6.07) is 6.04. The van der Waals surface area contributed by atoms with Gasteiger partial charge in [-0.05, 0) is 25.0 Å². The van der Waals surface area contributed by atoms with E-state index in [-0.39, 0.29) is 34.9 Å². The van der Waals surface area contributed by atoms with Crippen LogP contribution >= 0.6 is 0 Å². The molecule has 6 nitrogen and oxygen atoms in total. The van der Waals surface area contributed by atoms with E-state index in [0.29, 0.717) is 13.1 Å². The fraction of sp³-hybridized carbons (Fsp3) is 0.400. The fourth-order valence-corrected chi connectivity index (χ4v) is 3.21. The van der Waals surface area contributed by atoms with Crippen LogP contribution in [0.3, 0.4) is 0 Å². The van der Waals surface area contributed by atoms with Crippen LogP contribution in [-0.4, -0.2) is 46.9 Å². The monoisotopic (exact) mass is 288 g/mol. The van der Waals surface area contributed by atoms with Crippen molar-refractivity contribution in [2.75, 3.05) is 13.1 Å². The average Bonchev–Trinajstić information content (AvgIpc) is 2.88. The molecule has 0 aromatic heterocycles. The number of hydrogen-bond acceptors (Lipinski definition) is 3. The number of nitrogens with zero attached hydrogens (tertiary/aromatic N) is 1. The zero-order valence-corrected chi connectivity index (χ0v) is 11.4. The van der Waals surface area contributed by atoms with Gasteiger partial charge in [-0.15, -0.1) is 0 Å². The second-order valence-corrected chi connectivity index (χ2v) is 5.41. The average molecular weight is 288 g/mol. The zero-order chi connectivity index (χ0) is 15.0. The molecule has 0 bridgehead atoms. The van der Waals surface area contributed by atoms with E-state index in [1.165, 1.54) is 12.1 Å². The van der Waals surface area contributed by atoms with E-state index in [1.807, 2.05) is 0 Å². The first kappa shape index (κ1) is 13.6. The largest absolute Gasteiger partial charge is 0.478 e. The van der Waals surface area contributed by atoms with Crippen molar-refractivity contribution in [1.29, 1.82) is 0 Å². The lowest BCUT2D eigenvalue weighted by Crippen LogP contribution is -2.49. The third-order valence-corrected chi connectivity index (χ3v) is 4.25. The zero-order valence-electron chi connectivity index (χ0n) is 11.4. The minimum absolute atomic E-state index is 0.00176. The number of hydrogen-bond donors (Lipinski definition) is 2. The molecule has 3 rings (SSSR count). The van der Waals surface area contributed by atoms with Crippen molar-refractivity contribution in [3.63, 3.8) is 0 Å². The number of carboxylic acid groups (broad SMARTS) is 1. The van der Waals surface area contributed by atoms with Gasteiger partial charge in [0.2, 0.25) is 5.91 Å². The second-order valence-electron chi connectivity index (χ2n) is 5.41. The quantitative estimate of drug-likeness (QED) is 0.840. The topological polar surface area (TPSA) is 86.7 Å². The smallest absolute Gasteiger partial charge is 0.336 e. The molecule has 2 amide bonds. The highest BCUT2D eigenvalue weighted by atomic mass is 16.4. The Kier molecular flexibility index (Phi) is 3.37. The molecule has 110 valence electrons. The van der Waals surface area contributed by atoms with E-state index >= 15 is 0 Å². The normalized spacial score (nSPS) is 24.4. The summed E-state index contributed by atoms with van der Waals surface area (Å²) < 4.78 is 0. The number of carboxylic acids is 1. The predicted molar refractivity (Wildman–Crippen MR) is 74.0 cm³/mol. The number of rotatable bonds is 2. The van der Waals surface area contributed by atoms with Crippen LogP contribution in [0.25, 0.3) is 0 Å². The standard InChI is InChI=1S/C15H16N2O4/c18-13-11-6-3-7-17(12(11)8-16-13)14(19)9-4-1-2-5-10(9)15(20)21/h1-2,4-5,11-12H,3,6-8H2,(H,16,18)(H,20,21). The Labute approximate surface area is 121 Å². The van der Waals surface area contributed by atoms with Crippen LogP contribution in [0.5, 0.6) is 0 Å². The Morgan fingerprint density at radius 1 is 1.24 bits per heavy atom. The number of carbonyl (C=O) groups is 3. The first-order valence-corrected chi connectivity index (χ1v) is 7.00. The second kappa shape index (κ2) is 5.20.